The van der Waals surface area contributed by atoms with Crippen molar-refractivity contribution in [2.45, 2.75) is 34.6 Å². The van der Waals surface area contributed by atoms with E-state index in [0.29, 0.717) is 0 Å². The molecule has 1 fully saturated rings. The minimum Gasteiger partial charge on any atom is -0.309 e. The van der Waals surface area contributed by atoms with Gasteiger partial charge in [-0.2, -0.15) is 0 Å². The minimum absolute atomic E-state index is 0.760. The highest BCUT2D eigenvalue weighted by Gasteiger charge is 2.15. The first-order chi connectivity index (χ1) is 7.49. The molecular weight excluding hydrogens is 196 g/mol. The first-order valence-corrected chi connectivity index (χ1v) is 6.59. The van der Waals surface area contributed by atoms with Crippen molar-refractivity contribution in [1.29, 1.82) is 0 Å². The quantitative estimate of drug-likeness (QED) is 0.697. The Kier molecular flexibility index (Phi) is 5.50. The lowest BCUT2D eigenvalue weighted by Gasteiger charge is -2.29. The molecule has 0 amide bonds. The predicted molar refractivity (Wildman–Crippen MR) is 71.7 cm³/mol. The number of rotatable bonds is 6. The van der Waals surface area contributed by atoms with Crippen LogP contribution in [0.25, 0.3) is 0 Å². The molecule has 1 aliphatic rings. The number of hydrogen-bond acceptors (Lipinski definition) is 2. The van der Waals surface area contributed by atoms with Gasteiger partial charge in [-0.05, 0) is 24.3 Å². The number of nitrogens with one attached hydrogen (secondary N) is 1. The fraction of sp³-hybridized carbons (Fsp3) is 0.857. The van der Waals surface area contributed by atoms with E-state index in [-0.39, 0.29) is 0 Å². The van der Waals surface area contributed by atoms with Gasteiger partial charge in [0.05, 0.1) is 0 Å². The molecule has 0 radical (unpaired) electrons. The van der Waals surface area contributed by atoms with E-state index in [4.69, 9.17) is 0 Å². The standard InChI is InChI=1S/C14H28N2/c1-11(2)8-16(9-12(3)4)10-13(5)14-6-15-7-14/h11-12,15H,6-10H2,1-5H3. The molecule has 1 N–H and O–H groups in total. The van der Waals surface area contributed by atoms with E-state index < -0.39 is 0 Å². The van der Waals surface area contributed by atoms with Crippen molar-refractivity contribution in [2.75, 3.05) is 32.7 Å². The summed E-state index contributed by atoms with van der Waals surface area (Å²) in [5, 5.41) is 3.32. The van der Waals surface area contributed by atoms with Crippen LogP contribution < -0.4 is 5.32 Å². The maximum Gasteiger partial charge on any atom is 0.0193 e. The van der Waals surface area contributed by atoms with Crippen LogP contribution in [0, 0.1) is 11.8 Å². The van der Waals surface area contributed by atoms with Gasteiger partial charge >= 0.3 is 0 Å². The van der Waals surface area contributed by atoms with Crippen LogP contribution in [-0.2, 0) is 0 Å². The Morgan fingerprint density at radius 1 is 1.12 bits per heavy atom. The third-order valence-corrected chi connectivity index (χ3v) is 2.99. The summed E-state index contributed by atoms with van der Waals surface area (Å²) in [7, 11) is 0. The van der Waals surface area contributed by atoms with E-state index in [1.807, 2.05) is 0 Å². The summed E-state index contributed by atoms with van der Waals surface area (Å²) in [6.07, 6.45) is 0. The largest absolute Gasteiger partial charge is 0.309 e. The summed E-state index contributed by atoms with van der Waals surface area (Å²) in [6.45, 7) is 17.3. The van der Waals surface area contributed by atoms with Crippen LogP contribution in [-0.4, -0.2) is 37.6 Å². The summed E-state index contributed by atoms with van der Waals surface area (Å²) in [6, 6.07) is 0. The lowest BCUT2D eigenvalue weighted by atomic mass is 10.0. The van der Waals surface area contributed by atoms with Gasteiger partial charge in [0.2, 0.25) is 0 Å². The average Bonchev–Trinajstić information content (AvgIpc) is 1.95. The predicted octanol–water partition coefficient (Wildman–Crippen LogP) is 2.52. The topological polar surface area (TPSA) is 15.3 Å². The fourth-order valence-corrected chi connectivity index (χ4v) is 2.24. The van der Waals surface area contributed by atoms with Crippen LogP contribution in [0.1, 0.15) is 34.6 Å². The summed E-state index contributed by atoms with van der Waals surface area (Å²) in [5.74, 6) is 1.52. The first kappa shape index (κ1) is 13.7. The van der Waals surface area contributed by atoms with Crippen LogP contribution in [0.2, 0.25) is 0 Å². The Balaban J connectivity index is 2.48. The molecule has 0 aliphatic carbocycles. The van der Waals surface area contributed by atoms with E-state index >= 15 is 0 Å². The molecular formula is C14H28N2. The highest BCUT2D eigenvalue weighted by Crippen LogP contribution is 2.12. The van der Waals surface area contributed by atoms with Crippen LogP contribution in [0.5, 0.6) is 0 Å². The highest BCUT2D eigenvalue weighted by molar-refractivity contribution is 5.22. The van der Waals surface area contributed by atoms with E-state index in [9.17, 15) is 0 Å². The molecule has 0 atom stereocenters. The molecule has 1 heterocycles. The normalized spacial score (nSPS) is 16.1. The van der Waals surface area contributed by atoms with E-state index in [2.05, 4.69) is 44.8 Å². The van der Waals surface area contributed by atoms with Crippen molar-refractivity contribution >= 4 is 0 Å². The van der Waals surface area contributed by atoms with Crippen molar-refractivity contribution in [3.63, 3.8) is 0 Å². The third-order valence-electron chi connectivity index (χ3n) is 2.99. The second-order valence-corrected chi connectivity index (χ2v) is 5.97. The second kappa shape index (κ2) is 6.41. The van der Waals surface area contributed by atoms with E-state index in [1.165, 1.54) is 13.1 Å². The summed E-state index contributed by atoms with van der Waals surface area (Å²) in [5.41, 5.74) is 3.21. The monoisotopic (exact) mass is 224 g/mol. The van der Waals surface area contributed by atoms with Gasteiger partial charge in [-0.25, -0.2) is 0 Å². The van der Waals surface area contributed by atoms with Crippen molar-refractivity contribution in [3.05, 3.63) is 11.1 Å². The highest BCUT2D eigenvalue weighted by atomic mass is 15.1. The number of nitrogens with zero attached hydrogens (tertiary/aromatic N) is 1. The maximum absolute atomic E-state index is 3.32. The second-order valence-electron chi connectivity index (χ2n) is 5.97. The Bertz CT molecular complexity index is 225. The van der Waals surface area contributed by atoms with Gasteiger partial charge < -0.3 is 5.32 Å². The van der Waals surface area contributed by atoms with Gasteiger partial charge in [0.1, 0.15) is 0 Å². The molecule has 0 spiro atoms. The Hall–Kier alpha value is -0.340. The molecule has 0 aromatic carbocycles. The van der Waals surface area contributed by atoms with E-state index in [1.54, 1.807) is 11.1 Å². The molecule has 1 rings (SSSR count). The van der Waals surface area contributed by atoms with Crippen molar-refractivity contribution in [1.82, 2.24) is 10.2 Å². The van der Waals surface area contributed by atoms with Gasteiger partial charge in [-0.3, -0.25) is 4.90 Å². The molecule has 16 heavy (non-hydrogen) atoms. The molecule has 0 unspecified atom stereocenters. The SMILES string of the molecule is CC(CN(CC(C)C)CC(C)C)=C1CNC1. The summed E-state index contributed by atoms with van der Waals surface area (Å²) in [4.78, 5) is 2.61. The van der Waals surface area contributed by atoms with Gasteiger partial charge in [0, 0.05) is 32.7 Å². The Morgan fingerprint density at radius 2 is 1.62 bits per heavy atom. The third kappa shape index (κ3) is 4.67. The zero-order valence-corrected chi connectivity index (χ0v) is 11.6. The van der Waals surface area contributed by atoms with E-state index in [0.717, 1.165) is 31.5 Å². The maximum atomic E-state index is 3.32. The van der Waals surface area contributed by atoms with Crippen molar-refractivity contribution in [2.24, 2.45) is 11.8 Å². The van der Waals surface area contributed by atoms with Gasteiger partial charge in [0.15, 0.2) is 0 Å². The molecule has 2 nitrogen and oxygen atoms in total. The molecule has 0 aromatic rings. The van der Waals surface area contributed by atoms with Crippen LogP contribution in [0.15, 0.2) is 11.1 Å². The van der Waals surface area contributed by atoms with Gasteiger partial charge in [-0.1, -0.05) is 33.3 Å². The summed E-state index contributed by atoms with van der Waals surface area (Å²) < 4.78 is 0. The zero-order chi connectivity index (χ0) is 12.1. The molecule has 94 valence electrons. The average molecular weight is 224 g/mol. The lowest BCUT2D eigenvalue weighted by Crippen LogP contribution is -2.38. The zero-order valence-electron chi connectivity index (χ0n) is 11.6. The van der Waals surface area contributed by atoms with Crippen LogP contribution >= 0.6 is 0 Å². The smallest absolute Gasteiger partial charge is 0.0193 e. The number of hydrogen-bond donors (Lipinski definition) is 1. The van der Waals surface area contributed by atoms with Gasteiger partial charge in [0.25, 0.3) is 0 Å². The molecule has 0 bridgehead atoms. The van der Waals surface area contributed by atoms with Gasteiger partial charge in [-0.15, -0.1) is 0 Å². The fourth-order valence-electron chi connectivity index (χ4n) is 2.24. The molecule has 2 heteroatoms. The minimum atomic E-state index is 0.760. The van der Waals surface area contributed by atoms with Crippen molar-refractivity contribution < 1.29 is 0 Å². The Morgan fingerprint density at radius 3 is 1.94 bits per heavy atom. The summed E-state index contributed by atoms with van der Waals surface area (Å²) >= 11 is 0. The Labute approximate surface area is 101 Å². The lowest BCUT2D eigenvalue weighted by molar-refractivity contribution is 0.235. The molecule has 0 aromatic heterocycles. The molecule has 1 aliphatic heterocycles. The first-order valence-electron chi connectivity index (χ1n) is 6.59. The van der Waals surface area contributed by atoms with Crippen LogP contribution in [0.4, 0.5) is 0 Å². The molecule has 0 saturated carbocycles. The molecule has 1 saturated heterocycles. The van der Waals surface area contributed by atoms with Crippen LogP contribution in [0.3, 0.4) is 0 Å². The van der Waals surface area contributed by atoms with Crippen molar-refractivity contribution in [3.8, 4) is 0 Å².